The van der Waals surface area contributed by atoms with Crippen molar-refractivity contribution in [3.8, 4) is 0 Å². The smallest absolute Gasteiger partial charge is 0.337 e. The van der Waals surface area contributed by atoms with E-state index in [1.54, 1.807) is 24.3 Å². The van der Waals surface area contributed by atoms with Gasteiger partial charge in [-0.1, -0.05) is 16.8 Å². The number of carbonyl (C=O) groups is 1. The molecule has 1 heterocycles. The zero-order valence-electron chi connectivity index (χ0n) is 10.8. The van der Waals surface area contributed by atoms with Crippen LogP contribution >= 0.6 is 11.6 Å². The van der Waals surface area contributed by atoms with Gasteiger partial charge in [-0.3, -0.25) is 10.2 Å². The van der Waals surface area contributed by atoms with Crippen molar-refractivity contribution < 1.29 is 14.5 Å². The third-order valence-electron chi connectivity index (χ3n) is 3.03. The van der Waals surface area contributed by atoms with E-state index in [0.29, 0.717) is 10.7 Å². The number of nitrogens with one attached hydrogen (secondary N) is 2. The van der Waals surface area contributed by atoms with Crippen molar-refractivity contribution >= 4 is 29.1 Å². The Morgan fingerprint density at radius 2 is 1.95 bits per heavy atom. The van der Waals surface area contributed by atoms with Gasteiger partial charge in [-0.25, -0.2) is 4.79 Å². The summed E-state index contributed by atoms with van der Waals surface area (Å²) in [5.41, 5.74) is 1.57. The number of amides is 1. The number of carbonyl (C=O) groups excluding carboxylic acids is 1. The molecule has 1 fully saturated rings. The van der Waals surface area contributed by atoms with Crippen LogP contribution in [0.15, 0.2) is 29.4 Å². The van der Waals surface area contributed by atoms with Gasteiger partial charge >= 0.3 is 6.09 Å². The Bertz CT molecular complexity index is 463. The molecular weight excluding hydrogens is 266 g/mol. The van der Waals surface area contributed by atoms with Crippen molar-refractivity contribution in [2.24, 2.45) is 5.16 Å². The molecular formula is C13H17ClN3O2+. The van der Waals surface area contributed by atoms with Crippen LogP contribution in [0.5, 0.6) is 0 Å². The Kier molecular flexibility index (Phi) is 4.76. The van der Waals surface area contributed by atoms with E-state index < -0.39 is 6.09 Å². The van der Waals surface area contributed by atoms with Crippen molar-refractivity contribution in [3.63, 3.8) is 0 Å². The lowest BCUT2D eigenvalue weighted by Crippen LogP contribution is -3.10. The molecule has 5 nitrogen and oxygen atoms in total. The summed E-state index contributed by atoms with van der Waals surface area (Å²) in [5.74, 6) is 0. The molecule has 19 heavy (non-hydrogen) atoms. The second kappa shape index (κ2) is 6.54. The molecule has 1 aliphatic heterocycles. The van der Waals surface area contributed by atoms with E-state index in [2.05, 4.69) is 17.5 Å². The molecule has 1 saturated heterocycles. The molecule has 0 unspecified atom stereocenters. The predicted octanol–water partition coefficient (Wildman–Crippen LogP) is 1.55. The third kappa shape index (κ3) is 4.54. The Hall–Kier alpha value is -1.59. The maximum absolute atomic E-state index is 11.5. The van der Waals surface area contributed by atoms with E-state index in [9.17, 15) is 4.79 Å². The second-order valence-corrected chi connectivity index (χ2v) is 5.06. The zero-order chi connectivity index (χ0) is 13.7. The van der Waals surface area contributed by atoms with E-state index in [0.717, 1.165) is 31.6 Å². The van der Waals surface area contributed by atoms with Gasteiger partial charge in [-0.2, -0.15) is 0 Å². The monoisotopic (exact) mass is 282 g/mol. The Morgan fingerprint density at radius 1 is 1.32 bits per heavy atom. The first-order valence-electron chi connectivity index (χ1n) is 6.24. The quantitative estimate of drug-likeness (QED) is 0.639. The van der Waals surface area contributed by atoms with Crippen LogP contribution in [0.1, 0.15) is 12.8 Å². The summed E-state index contributed by atoms with van der Waals surface area (Å²) in [4.78, 5) is 17.8. The van der Waals surface area contributed by atoms with Gasteiger partial charge < -0.3 is 4.90 Å². The lowest BCUT2D eigenvalue weighted by molar-refractivity contribution is -0.880. The van der Waals surface area contributed by atoms with Crippen molar-refractivity contribution in [2.75, 3.05) is 25.5 Å². The normalized spacial score (nSPS) is 18.8. The molecule has 102 valence electrons. The third-order valence-corrected chi connectivity index (χ3v) is 3.28. The molecule has 0 aromatic heterocycles. The van der Waals surface area contributed by atoms with E-state index in [1.807, 2.05) is 0 Å². The van der Waals surface area contributed by atoms with Crippen LogP contribution in [0.3, 0.4) is 0 Å². The predicted molar refractivity (Wildman–Crippen MR) is 74.8 cm³/mol. The fourth-order valence-corrected chi connectivity index (χ4v) is 1.96. The van der Waals surface area contributed by atoms with Crippen LogP contribution in [-0.4, -0.2) is 31.9 Å². The number of hydrogen-bond acceptors (Lipinski definition) is 3. The molecule has 1 aromatic carbocycles. The number of rotatable bonds is 2. The molecule has 0 spiro atoms. The average Bonchev–Trinajstić information content (AvgIpc) is 2.41. The highest BCUT2D eigenvalue weighted by atomic mass is 35.5. The van der Waals surface area contributed by atoms with Crippen LogP contribution < -0.4 is 10.2 Å². The van der Waals surface area contributed by atoms with Crippen molar-refractivity contribution in [3.05, 3.63) is 29.3 Å². The Morgan fingerprint density at radius 3 is 2.58 bits per heavy atom. The van der Waals surface area contributed by atoms with E-state index in [-0.39, 0.29) is 0 Å². The van der Waals surface area contributed by atoms with Gasteiger partial charge in [0.2, 0.25) is 0 Å². The standard InChI is InChI=1S/C13H16ClN3O2/c1-17-8-6-12(7-9-17)16-19-13(18)15-11-4-2-10(14)3-5-11/h2-5H,6-9H2,1H3,(H,15,18)/p+1. The molecule has 1 aliphatic rings. The highest BCUT2D eigenvalue weighted by Gasteiger charge is 2.15. The fourth-order valence-electron chi connectivity index (χ4n) is 1.84. The van der Waals surface area contributed by atoms with Crippen molar-refractivity contribution in [1.29, 1.82) is 0 Å². The number of nitrogens with zero attached hydrogens (tertiary/aromatic N) is 1. The second-order valence-electron chi connectivity index (χ2n) is 4.63. The number of hydrogen-bond donors (Lipinski definition) is 2. The van der Waals surface area contributed by atoms with Crippen molar-refractivity contribution in [2.45, 2.75) is 12.8 Å². The van der Waals surface area contributed by atoms with Gasteiger partial charge in [0.15, 0.2) is 0 Å². The minimum absolute atomic E-state index is 0.582. The molecule has 0 saturated carbocycles. The average molecular weight is 283 g/mol. The molecule has 0 radical (unpaired) electrons. The maximum Gasteiger partial charge on any atom is 0.437 e. The van der Waals surface area contributed by atoms with Crippen LogP contribution in [0, 0.1) is 0 Å². The first-order valence-corrected chi connectivity index (χ1v) is 6.62. The largest absolute Gasteiger partial charge is 0.437 e. The SMILES string of the molecule is C[NH+]1CCC(=NOC(=O)Nc2ccc(Cl)cc2)CC1. The molecule has 0 atom stereocenters. The molecule has 1 aromatic rings. The number of benzene rings is 1. The van der Waals surface area contributed by atoms with Gasteiger partial charge in [0.25, 0.3) is 0 Å². The van der Waals surface area contributed by atoms with Gasteiger partial charge in [-0.05, 0) is 24.3 Å². The van der Waals surface area contributed by atoms with E-state index in [4.69, 9.17) is 16.4 Å². The van der Waals surface area contributed by atoms with Crippen LogP contribution in [0.2, 0.25) is 5.02 Å². The lowest BCUT2D eigenvalue weighted by atomic mass is 10.1. The highest BCUT2D eigenvalue weighted by molar-refractivity contribution is 6.30. The summed E-state index contributed by atoms with van der Waals surface area (Å²) in [5, 5.41) is 7.10. The highest BCUT2D eigenvalue weighted by Crippen LogP contribution is 2.13. The van der Waals surface area contributed by atoms with Crippen molar-refractivity contribution in [1.82, 2.24) is 0 Å². The maximum atomic E-state index is 11.5. The molecule has 2 N–H and O–H groups in total. The molecule has 6 heteroatoms. The number of oxime groups is 1. The Balaban J connectivity index is 1.81. The van der Waals surface area contributed by atoms with Gasteiger partial charge in [0, 0.05) is 23.6 Å². The lowest BCUT2D eigenvalue weighted by Gasteiger charge is -2.19. The number of piperidine rings is 1. The molecule has 2 rings (SSSR count). The molecule has 0 bridgehead atoms. The van der Waals surface area contributed by atoms with Gasteiger partial charge in [0.05, 0.1) is 25.8 Å². The summed E-state index contributed by atoms with van der Waals surface area (Å²) < 4.78 is 0. The number of likely N-dealkylation sites (tertiary alicyclic amines) is 1. The van der Waals surface area contributed by atoms with Crippen LogP contribution in [0.4, 0.5) is 10.5 Å². The minimum Gasteiger partial charge on any atom is -0.337 e. The summed E-state index contributed by atoms with van der Waals surface area (Å²) in [6, 6.07) is 6.80. The number of halogens is 1. The van der Waals surface area contributed by atoms with Crippen LogP contribution in [0.25, 0.3) is 0 Å². The first kappa shape index (κ1) is 13.8. The summed E-state index contributed by atoms with van der Waals surface area (Å²) in [6.45, 7) is 2.06. The topological polar surface area (TPSA) is 55.1 Å². The molecule has 0 aliphatic carbocycles. The van der Waals surface area contributed by atoms with E-state index >= 15 is 0 Å². The fraction of sp³-hybridized carbons (Fsp3) is 0.385. The van der Waals surface area contributed by atoms with Crippen LogP contribution in [-0.2, 0) is 4.84 Å². The first-order chi connectivity index (χ1) is 9.13. The molecule has 1 amide bonds. The number of anilines is 1. The van der Waals surface area contributed by atoms with E-state index in [1.165, 1.54) is 4.90 Å². The summed E-state index contributed by atoms with van der Waals surface area (Å²) in [6.07, 6.45) is 1.17. The number of quaternary nitrogens is 1. The minimum atomic E-state index is -0.582. The van der Waals surface area contributed by atoms with Gasteiger partial charge in [-0.15, -0.1) is 0 Å². The zero-order valence-corrected chi connectivity index (χ0v) is 11.5. The summed E-state index contributed by atoms with van der Waals surface area (Å²) >= 11 is 5.75. The summed E-state index contributed by atoms with van der Waals surface area (Å²) in [7, 11) is 2.14. The van der Waals surface area contributed by atoms with Gasteiger partial charge in [0.1, 0.15) is 0 Å². The Labute approximate surface area is 117 Å².